The molecule has 0 spiro atoms. The Balaban J connectivity index is 1.91. The maximum Gasteiger partial charge on any atom is 0.312 e. The van der Waals surface area contributed by atoms with Gasteiger partial charge < -0.3 is 50.2 Å². The van der Waals surface area contributed by atoms with Crippen molar-refractivity contribution >= 4 is 34.4 Å². The summed E-state index contributed by atoms with van der Waals surface area (Å²) in [5.74, 6) is -8.42. The summed E-state index contributed by atoms with van der Waals surface area (Å²) in [6, 6.07) is 0. The monoisotopic (exact) mass is 683 g/mol. The fourth-order valence-electron chi connectivity index (χ4n) is 6.47. The van der Waals surface area contributed by atoms with Crippen LogP contribution in [0.15, 0.2) is 36.1 Å². The number of aldehydes is 1. The molecule has 0 radical (unpaired) electrons. The van der Waals surface area contributed by atoms with E-state index in [1.165, 1.54) is 46.1 Å². The molecule has 5 bridgehead atoms. The van der Waals surface area contributed by atoms with Gasteiger partial charge in [0.25, 0.3) is 11.7 Å². The maximum atomic E-state index is 13.9. The Morgan fingerprint density at radius 3 is 2.10 bits per heavy atom. The van der Waals surface area contributed by atoms with Crippen LogP contribution in [0.5, 0.6) is 23.0 Å². The SMILES string of the molecule is CO[C@H]1/C=C/O[C@@]2(C)Oc3c(C)c(O)c4c(O)c(c(C=O)c(O)c4c3C2=O)NC(=O)/C(C)=C\C=C\[C@H](C)[C@H](O)[C@@H](C)[C@H](O)[C@@H](C)[C@H](O)[C@@H]1C. The number of allylic oxidation sites excluding steroid dienone is 2. The third kappa shape index (κ3) is 6.51. The van der Waals surface area contributed by atoms with E-state index >= 15 is 0 Å². The van der Waals surface area contributed by atoms with E-state index in [2.05, 4.69) is 5.32 Å². The third-order valence-electron chi connectivity index (χ3n) is 9.89. The number of aromatic hydroxyl groups is 3. The number of ketones is 1. The highest BCUT2D eigenvalue weighted by atomic mass is 16.7. The molecule has 9 atom stereocenters. The van der Waals surface area contributed by atoms with E-state index in [0.29, 0.717) is 0 Å². The maximum absolute atomic E-state index is 13.9. The Kier molecular flexibility index (Phi) is 10.8. The number of anilines is 1. The van der Waals surface area contributed by atoms with Crippen molar-refractivity contribution in [3.05, 3.63) is 52.8 Å². The topological polar surface area (TPSA) is 212 Å². The zero-order valence-corrected chi connectivity index (χ0v) is 28.7. The summed E-state index contributed by atoms with van der Waals surface area (Å²) in [5.41, 5.74) is -1.21. The van der Waals surface area contributed by atoms with Gasteiger partial charge in [0.05, 0.1) is 52.9 Å². The van der Waals surface area contributed by atoms with Crippen molar-refractivity contribution in [3.63, 3.8) is 0 Å². The van der Waals surface area contributed by atoms with Gasteiger partial charge in [0.1, 0.15) is 17.2 Å². The Labute approximate surface area is 284 Å². The average molecular weight is 684 g/mol. The van der Waals surface area contributed by atoms with Crippen molar-refractivity contribution in [2.75, 3.05) is 12.4 Å². The molecular formula is C36H45NO12. The van der Waals surface area contributed by atoms with Crippen LogP contribution in [0.4, 0.5) is 5.69 Å². The van der Waals surface area contributed by atoms with E-state index in [4.69, 9.17) is 14.2 Å². The van der Waals surface area contributed by atoms with E-state index in [9.17, 15) is 45.0 Å². The van der Waals surface area contributed by atoms with Crippen LogP contribution in [0.3, 0.4) is 0 Å². The number of hydrogen-bond acceptors (Lipinski definition) is 12. The van der Waals surface area contributed by atoms with E-state index < -0.39 is 99.5 Å². The Hall–Kier alpha value is -4.43. The summed E-state index contributed by atoms with van der Waals surface area (Å²) in [6.07, 6.45) is 3.34. The van der Waals surface area contributed by atoms with Crippen LogP contribution >= 0.6 is 0 Å². The molecule has 0 unspecified atom stereocenters. The van der Waals surface area contributed by atoms with Crippen molar-refractivity contribution in [2.24, 2.45) is 23.7 Å². The minimum absolute atomic E-state index is 0.00862. The number of hydrogen-bond donors (Lipinski definition) is 7. The Morgan fingerprint density at radius 2 is 1.49 bits per heavy atom. The molecule has 49 heavy (non-hydrogen) atoms. The van der Waals surface area contributed by atoms with Crippen LogP contribution in [0.1, 0.15) is 67.8 Å². The quantitative estimate of drug-likeness (QED) is 0.136. The molecule has 0 saturated heterocycles. The normalized spacial score (nSPS) is 33.7. The second-order valence-electron chi connectivity index (χ2n) is 13.2. The molecular weight excluding hydrogens is 638 g/mol. The van der Waals surface area contributed by atoms with Gasteiger partial charge in [0, 0.05) is 54.2 Å². The first-order valence-corrected chi connectivity index (χ1v) is 16.0. The lowest BCUT2D eigenvalue weighted by molar-refractivity contribution is -0.112. The number of carbonyl (C=O) groups is 3. The lowest BCUT2D eigenvalue weighted by Crippen LogP contribution is -2.44. The lowest BCUT2D eigenvalue weighted by Gasteiger charge is -2.36. The molecule has 13 heteroatoms. The number of aliphatic hydroxyl groups is 3. The van der Waals surface area contributed by atoms with Crippen LogP contribution in [-0.2, 0) is 14.3 Å². The molecule has 0 aliphatic carbocycles. The fourth-order valence-corrected chi connectivity index (χ4v) is 6.47. The standard InChI is InChI=1S/C36H45NO12/c1-15-10-9-11-16(2)35(46)37-26-21(14-38)31(43)23-24(32(26)44)30(42)20(6)33-25(23)34(45)36(7,49-33)48-13-12-22(47-8)17(3)28(40)19(5)29(41)18(4)27(15)39/h9-15,17-19,22,27-29,39-44H,1-8H3,(H,37,46)/b10-9+,13-12+,16-11-/t15-,17+,18+,19-,22-,27-,28+,29-,36-/m0/s1. The largest absolute Gasteiger partial charge is 0.507 e. The van der Waals surface area contributed by atoms with Crippen LogP contribution in [0, 0.1) is 30.6 Å². The minimum Gasteiger partial charge on any atom is -0.507 e. The average Bonchev–Trinajstić information content (AvgIpc) is 3.34. The number of rotatable bonds is 2. The van der Waals surface area contributed by atoms with E-state index in [-0.39, 0.29) is 34.1 Å². The minimum atomic E-state index is -2.05. The summed E-state index contributed by atoms with van der Waals surface area (Å²) in [6.45, 7) is 10.9. The number of phenols is 3. The molecule has 0 fully saturated rings. The van der Waals surface area contributed by atoms with Gasteiger partial charge in [-0.25, -0.2) is 0 Å². The molecule has 3 aliphatic rings. The van der Waals surface area contributed by atoms with Gasteiger partial charge in [-0.3, -0.25) is 14.4 Å². The number of Topliss-reactive ketones (excluding diaryl/α,β-unsaturated/α-hetero) is 1. The number of benzene rings is 2. The van der Waals surface area contributed by atoms with Gasteiger partial charge >= 0.3 is 5.79 Å². The van der Waals surface area contributed by atoms with Crippen LogP contribution in [0.25, 0.3) is 10.8 Å². The van der Waals surface area contributed by atoms with Gasteiger partial charge in [-0.2, -0.15) is 0 Å². The molecule has 266 valence electrons. The highest BCUT2D eigenvalue weighted by molar-refractivity contribution is 6.23. The molecule has 0 saturated carbocycles. The van der Waals surface area contributed by atoms with Crippen molar-refractivity contribution in [1.29, 1.82) is 0 Å². The summed E-state index contributed by atoms with van der Waals surface area (Å²) in [7, 11) is 1.41. The molecule has 2 aromatic carbocycles. The first-order chi connectivity index (χ1) is 22.9. The van der Waals surface area contributed by atoms with Gasteiger partial charge in [0.2, 0.25) is 0 Å². The summed E-state index contributed by atoms with van der Waals surface area (Å²) in [4.78, 5) is 39.4. The first kappa shape index (κ1) is 37.4. The lowest BCUT2D eigenvalue weighted by atomic mass is 9.78. The zero-order chi connectivity index (χ0) is 36.7. The van der Waals surface area contributed by atoms with Crippen molar-refractivity contribution in [1.82, 2.24) is 0 Å². The molecule has 3 aliphatic heterocycles. The number of methoxy groups -OCH3 is 1. The predicted octanol–water partition coefficient (Wildman–Crippen LogP) is 4.00. The Bertz CT molecular complexity index is 1750. The number of nitrogens with one attached hydrogen (secondary N) is 1. The molecule has 5 rings (SSSR count). The third-order valence-corrected chi connectivity index (χ3v) is 9.89. The number of carbonyl (C=O) groups excluding carboxylic acids is 3. The second-order valence-corrected chi connectivity index (χ2v) is 13.2. The molecule has 1 amide bonds. The van der Waals surface area contributed by atoms with Gasteiger partial charge in [0.15, 0.2) is 12.0 Å². The molecule has 2 aromatic rings. The van der Waals surface area contributed by atoms with E-state index in [1.807, 2.05) is 0 Å². The Morgan fingerprint density at radius 1 is 0.878 bits per heavy atom. The first-order valence-electron chi connectivity index (χ1n) is 16.0. The number of ether oxygens (including phenoxy) is 3. The van der Waals surface area contributed by atoms with Crippen LogP contribution in [-0.4, -0.2) is 85.9 Å². The predicted molar refractivity (Wildman–Crippen MR) is 180 cm³/mol. The van der Waals surface area contributed by atoms with Crippen molar-refractivity contribution < 1.29 is 59.2 Å². The highest BCUT2D eigenvalue weighted by Gasteiger charge is 2.49. The zero-order valence-electron chi connectivity index (χ0n) is 28.7. The fraction of sp³-hybridized carbons (Fsp3) is 0.472. The van der Waals surface area contributed by atoms with Gasteiger partial charge in [-0.1, -0.05) is 45.9 Å². The number of amides is 1. The van der Waals surface area contributed by atoms with Crippen LogP contribution in [0.2, 0.25) is 0 Å². The smallest absolute Gasteiger partial charge is 0.312 e. The van der Waals surface area contributed by atoms with Crippen molar-refractivity contribution in [3.8, 4) is 23.0 Å². The number of aliphatic hydroxyl groups excluding tert-OH is 3. The second kappa shape index (κ2) is 14.2. The summed E-state index contributed by atoms with van der Waals surface area (Å²) >= 11 is 0. The summed E-state index contributed by atoms with van der Waals surface area (Å²) < 4.78 is 17.3. The van der Waals surface area contributed by atoms with Gasteiger partial charge in [-0.05, 0) is 19.9 Å². The molecule has 7 N–H and O–H groups in total. The summed E-state index contributed by atoms with van der Waals surface area (Å²) in [5, 5.41) is 68.9. The van der Waals surface area contributed by atoms with E-state index in [1.54, 1.807) is 33.8 Å². The molecule has 0 aromatic heterocycles. The molecule has 3 heterocycles. The highest BCUT2D eigenvalue weighted by Crippen LogP contribution is 2.55. The van der Waals surface area contributed by atoms with Crippen molar-refractivity contribution in [2.45, 2.75) is 78.7 Å². The molecule has 13 nitrogen and oxygen atoms in total. The van der Waals surface area contributed by atoms with Crippen LogP contribution < -0.4 is 10.1 Å². The van der Waals surface area contributed by atoms with Gasteiger partial charge in [-0.15, -0.1) is 0 Å². The number of fused-ring (bicyclic) bond motifs is 14. The van der Waals surface area contributed by atoms with E-state index in [0.717, 1.165) is 6.26 Å². The number of phenolic OH excluding ortho intramolecular Hbond substituents is 3.